The van der Waals surface area contributed by atoms with Gasteiger partial charge in [0.2, 0.25) is 12.1 Å². The fourth-order valence-corrected chi connectivity index (χ4v) is 5.85. The highest BCUT2D eigenvalue weighted by molar-refractivity contribution is 6.74. The topological polar surface area (TPSA) is 167 Å². The Balaban J connectivity index is 0.00000676. The molecule has 0 bridgehead atoms. The molecule has 5 N–H and O–H groups in total. The van der Waals surface area contributed by atoms with Crippen molar-refractivity contribution in [3.63, 3.8) is 0 Å². The van der Waals surface area contributed by atoms with E-state index in [0.717, 1.165) is 23.4 Å². The molecule has 16 heteroatoms. The maximum atomic E-state index is 15.0. The number of nitrogens with two attached hydrogens (primary N) is 1. The zero-order valence-corrected chi connectivity index (χ0v) is 30.6. The zero-order chi connectivity index (χ0) is 36.0. The van der Waals surface area contributed by atoms with Gasteiger partial charge in [-0.25, -0.2) is 9.59 Å². The van der Waals surface area contributed by atoms with E-state index in [2.05, 4.69) is 15.6 Å². The lowest BCUT2D eigenvalue weighted by Crippen LogP contribution is -2.45. The van der Waals surface area contributed by atoms with Crippen LogP contribution >= 0.6 is 12.4 Å². The number of aliphatic hydroxyl groups is 1. The number of hydrogen-bond acceptors (Lipinski definition) is 9. The first kappa shape index (κ1) is 40.5. The Morgan fingerprint density at radius 2 is 1.76 bits per heavy atom. The van der Waals surface area contributed by atoms with Gasteiger partial charge in [0.1, 0.15) is 11.9 Å². The minimum atomic E-state index is -3.80. The summed E-state index contributed by atoms with van der Waals surface area (Å²) >= 11 is 0. The van der Waals surface area contributed by atoms with Gasteiger partial charge in [0.25, 0.3) is 0 Å². The third-order valence-electron chi connectivity index (χ3n) is 8.82. The first-order valence-corrected chi connectivity index (χ1v) is 19.0. The first-order valence-electron chi connectivity index (χ1n) is 16.1. The number of aliphatic hydroxyl groups excluding tert-OH is 1. The summed E-state index contributed by atoms with van der Waals surface area (Å²) in [4.78, 5) is 41.0. The minimum absolute atomic E-state index is 0. The number of halogens is 3. The van der Waals surface area contributed by atoms with E-state index < -0.39 is 44.5 Å². The molecule has 12 nitrogen and oxygen atoms in total. The highest BCUT2D eigenvalue weighted by Crippen LogP contribution is 2.43. The summed E-state index contributed by atoms with van der Waals surface area (Å²) in [6.07, 6.45) is -3.72. The predicted molar refractivity (Wildman–Crippen MR) is 192 cm³/mol. The smallest absolute Gasteiger partial charge is 0.412 e. The molecule has 2 aromatic carbocycles. The lowest BCUT2D eigenvalue weighted by molar-refractivity contribution is -0.140. The number of ether oxygens (including phenoxy) is 2. The second-order valence-electron chi connectivity index (χ2n) is 13.5. The van der Waals surface area contributed by atoms with Crippen molar-refractivity contribution in [3.05, 3.63) is 71.3 Å². The Hall–Kier alpha value is -3.89. The Kier molecular flexibility index (Phi) is 13.7. The van der Waals surface area contributed by atoms with Gasteiger partial charge < -0.3 is 30.1 Å². The molecule has 1 saturated heterocycles. The monoisotopic (exact) mass is 737 g/mol. The molecule has 1 aliphatic rings. The molecular formula is C34H46ClF2N5O7Si. The summed E-state index contributed by atoms with van der Waals surface area (Å²) in [6, 6.07) is 16.3. The Labute approximate surface area is 297 Å². The molecule has 2 amide bonds. The van der Waals surface area contributed by atoms with Crippen LogP contribution in [0.2, 0.25) is 18.1 Å². The van der Waals surface area contributed by atoms with Gasteiger partial charge in [0.05, 0.1) is 24.6 Å². The Morgan fingerprint density at radius 1 is 1.06 bits per heavy atom. The van der Waals surface area contributed by atoms with Crippen molar-refractivity contribution < 1.29 is 37.4 Å². The van der Waals surface area contributed by atoms with Crippen LogP contribution in [-0.4, -0.2) is 66.3 Å². The van der Waals surface area contributed by atoms with Crippen molar-refractivity contribution >= 4 is 49.9 Å². The van der Waals surface area contributed by atoms with E-state index in [-0.39, 0.29) is 48.8 Å². The number of carbonyl (C=O) groups excluding carboxylic acids is 2. The highest BCUT2D eigenvalue weighted by atomic mass is 35.5. The van der Waals surface area contributed by atoms with Crippen molar-refractivity contribution in [2.45, 2.75) is 88.9 Å². The fraction of sp³-hybridized carbons (Fsp3) is 0.471. The van der Waals surface area contributed by atoms with Crippen LogP contribution in [0.3, 0.4) is 0 Å². The molecule has 3 atom stereocenters. The molecule has 4 rings (SSSR count). The van der Waals surface area contributed by atoms with Crippen LogP contribution in [0.1, 0.15) is 52.7 Å². The third kappa shape index (κ3) is 10.1. The van der Waals surface area contributed by atoms with Crippen LogP contribution in [-0.2, 0) is 18.7 Å². The number of unbranched alkanes of at least 4 members (excludes halogenated alkanes) is 2. The quantitative estimate of drug-likeness (QED) is 0.0861. The van der Waals surface area contributed by atoms with Crippen LogP contribution in [0.25, 0.3) is 11.1 Å². The second kappa shape index (κ2) is 16.9. The van der Waals surface area contributed by atoms with Gasteiger partial charge >= 0.3 is 17.7 Å². The van der Waals surface area contributed by atoms with Crippen LogP contribution in [0, 0.1) is 0 Å². The van der Waals surface area contributed by atoms with E-state index >= 15 is 8.78 Å². The number of amides is 2. The molecule has 0 saturated carbocycles. The van der Waals surface area contributed by atoms with Gasteiger partial charge in [0, 0.05) is 12.6 Å². The van der Waals surface area contributed by atoms with Gasteiger partial charge in [-0.1, -0.05) is 57.2 Å². The molecule has 2 heterocycles. The van der Waals surface area contributed by atoms with Crippen molar-refractivity contribution in [2.75, 3.05) is 29.6 Å². The Bertz CT molecular complexity index is 1670. The largest absolute Gasteiger partial charge is 0.449 e. The number of rotatable bonds is 13. The van der Waals surface area contributed by atoms with Crippen LogP contribution in [0.5, 0.6) is 0 Å². The number of nitrogen functional groups attached to an aromatic ring is 1. The van der Waals surface area contributed by atoms with E-state index in [1.54, 1.807) is 6.07 Å². The predicted octanol–water partition coefficient (Wildman–Crippen LogP) is 6.58. The number of nitrogens with one attached hydrogen (secondary N) is 2. The van der Waals surface area contributed by atoms with Gasteiger partial charge in [0.15, 0.2) is 14.4 Å². The van der Waals surface area contributed by atoms with Gasteiger partial charge in [-0.3, -0.25) is 14.7 Å². The molecule has 0 radical (unpaired) electrons. The van der Waals surface area contributed by atoms with Crippen LogP contribution in [0.15, 0.2) is 65.6 Å². The first-order chi connectivity index (χ1) is 23.0. The lowest BCUT2D eigenvalue weighted by atomic mass is 10.0. The van der Waals surface area contributed by atoms with Gasteiger partial charge in [-0.2, -0.15) is 13.8 Å². The summed E-state index contributed by atoms with van der Waals surface area (Å²) in [5.41, 5.74) is 7.86. The molecule has 3 aromatic rings. The summed E-state index contributed by atoms with van der Waals surface area (Å²) in [5.74, 6) is -4.21. The van der Waals surface area contributed by atoms with Crippen molar-refractivity contribution in [1.29, 1.82) is 0 Å². The fourth-order valence-electron chi connectivity index (χ4n) is 4.83. The average Bonchev–Trinajstić information content (AvgIpc) is 3.26. The number of aromatic nitrogens is 2. The van der Waals surface area contributed by atoms with Crippen LogP contribution in [0.4, 0.5) is 30.8 Å². The molecular weight excluding hydrogens is 692 g/mol. The highest BCUT2D eigenvalue weighted by Gasteiger charge is 2.60. The summed E-state index contributed by atoms with van der Waals surface area (Å²) in [5, 5.41) is 15.3. The van der Waals surface area contributed by atoms with Crippen molar-refractivity contribution in [2.24, 2.45) is 0 Å². The number of hydrogen-bond donors (Lipinski definition) is 4. The van der Waals surface area contributed by atoms with E-state index in [4.69, 9.17) is 19.6 Å². The van der Waals surface area contributed by atoms with Crippen molar-refractivity contribution in [3.8, 4) is 11.1 Å². The number of anilines is 3. The van der Waals surface area contributed by atoms with E-state index in [1.165, 1.54) is 0 Å². The molecule has 0 aliphatic carbocycles. The number of alkyl halides is 2. The normalized spacial score (nSPS) is 18.6. The average molecular weight is 738 g/mol. The van der Waals surface area contributed by atoms with Crippen molar-refractivity contribution in [1.82, 2.24) is 9.55 Å². The lowest BCUT2D eigenvalue weighted by Gasteiger charge is -2.37. The second-order valence-corrected chi connectivity index (χ2v) is 18.3. The van der Waals surface area contributed by atoms with E-state index in [9.17, 15) is 19.5 Å². The molecule has 1 aliphatic heterocycles. The number of carbonyl (C=O) groups is 2. The molecule has 0 unspecified atom stereocenters. The zero-order valence-electron chi connectivity index (χ0n) is 28.8. The number of nitrogens with zero attached hydrogens (tertiary/aromatic N) is 2. The van der Waals surface area contributed by atoms with Crippen LogP contribution < -0.4 is 22.1 Å². The standard InChI is InChI=1S/C34H45F2N5O7Si.ClH/c1-33(2,3)49(4,5)47-21-26-29(43)34(35,36)30(48-26)41-18-17-27(39-31(41)44)40-32(45)46-19-11-7-10-14-28(42)38-25-20-23(15-16-24(25)37)22-12-8-6-9-13-22;/h6,8-9,12-13,15-18,20,26,29-30,43H,7,10-11,14,19,21,37H2,1-5H3,(H,38,42)(H,39,40,44,45);1H/t26-,29-,30-;/m1./s1. The van der Waals surface area contributed by atoms with E-state index in [0.29, 0.717) is 35.2 Å². The summed E-state index contributed by atoms with van der Waals surface area (Å²) in [7, 11) is -2.32. The maximum Gasteiger partial charge on any atom is 0.412 e. The summed E-state index contributed by atoms with van der Waals surface area (Å²) in [6.45, 7) is 9.65. The Morgan fingerprint density at radius 3 is 2.42 bits per heavy atom. The molecule has 50 heavy (non-hydrogen) atoms. The van der Waals surface area contributed by atoms with E-state index in [1.807, 2.05) is 76.3 Å². The summed E-state index contributed by atoms with van der Waals surface area (Å²) < 4.78 is 47.1. The third-order valence-corrected chi connectivity index (χ3v) is 13.3. The SMILES string of the molecule is CC(C)(C)[Si](C)(C)OC[C@H]1O[C@@H](n2ccc(NC(=O)OCCCCCC(=O)Nc3cc(-c4ccccc4)ccc3N)nc2=O)C(F)(F)[C@@H]1O.Cl. The van der Waals surface area contributed by atoms with Gasteiger partial charge in [-0.15, -0.1) is 12.4 Å². The molecule has 1 fully saturated rings. The number of benzene rings is 2. The molecule has 274 valence electrons. The minimum Gasteiger partial charge on any atom is -0.449 e. The maximum absolute atomic E-state index is 15.0. The molecule has 0 spiro atoms. The van der Waals surface area contributed by atoms with Gasteiger partial charge in [-0.05, 0) is 66.7 Å². The molecule has 1 aromatic heterocycles.